The van der Waals surface area contributed by atoms with Gasteiger partial charge in [0, 0.05) is 52.4 Å². The molecule has 0 saturated carbocycles. The van der Waals surface area contributed by atoms with E-state index in [1.165, 1.54) is 45.3 Å². The van der Waals surface area contributed by atoms with Crippen LogP contribution in [0.1, 0.15) is 38.3 Å². The number of nitrogens with zero attached hydrogens (tertiary/aromatic N) is 5. The molecule has 152 valence electrons. The number of piperazine rings is 1. The van der Waals surface area contributed by atoms with E-state index in [4.69, 9.17) is 4.52 Å². The van der Waals surface area contributed by atoms with E-state index in [2.05, 4.69) is 37.1 Å². The van der Waals surface area contributed by atoms with Crippen LogP contribution in [0, 0.1) is 5.92 Å². The van der Waals surface area contributed by atoms with Crippen LogP contribution in [0.5, 0.6) is 0 Å². The van der Waals surface area contributed by atoms with Crippen LogP contribution in [0.2, 0.25) is 0 Å². The molecule has 3 rings (SSSR count). The summed E-state index contributed by atoms with van der Waals surface area (Å²) in [5, 5.41) is 7.56. The summed E-state index contributed by atoms with van der Waals surface area (Å²) in [6.07, 6.45) is 6.85. The van der Waals surface area contributed by atoms with E-state index in [0.29, 0.717) is 0 Å². The van der Waals surface area contributed by atoms with Crippen molar-refractivity contribution in [2.45, 2.75) is 39.2 Å². The first kappa shape index (κ1) is 20.1. The number of guanidine groups is 1. The predicted molar refractivity (Wildman–Crippen MR) is 109 cm³/mol. The van der Waals surface area contributed by atoms with Crippen LogP contribution >= 0.6 is 0 Å². The lowest BCUT2D eigenvalue weighted by atomic mass is 9.99. The molecule has 1 aromatic heterocycles. The van der Waals surface area contributed by atoms with Gasteiger partial charge in [0.15, 0.2) is 5.96 Å². The van der Waals surface area contributed by atoms with Crippen LogP contribution in [-0.4, -0.2) is 85.2 Å². The second kappa shape index (κ2) is 10.7. The molecule has 0 unspecified atom stereocenters. The summed E-state index contributed by atoms with van der Waals surface area (Å²) in [4.78, 5) is 11.9. The van der Waals surface area contributed by atoms with Crippen LogP contribution in [-0.2, 0) is 6.54 Å². The van der Waals surface area contributed by atoms with Crippen molar-refractivity contribution in [3.8, 4) is 0 Å². The minimum absolute atomic E-state index is 0.867. The molecule has 0 spiro atoms. The highest BCUT2D eigenvalue weighted by atomic mass is 16.5. The fraction of sp³-hybridized carbons (Fsp3) is 0.800. The maximum absolute atomic E-state index is 4.92. The maximum atomic E-state index is 4.92. The Labute approximate surface area is 163 Å². The molecule has 0 atom stereocenters. The van der Waals surface area contributed by atoms with Gasteiger partial charge in [-0.15, -0.1) is 0 Å². The molecule has 0 aliphatic carbocycles. The minimum atomic E-state index is 0.867. The molecular formula is C20H36N6O. The number of likely N-dealkylation sites (tertiary alicyclic amines) is 1. The van der Waals surface area contributed by atoms with Gasteiger partial charge in [0.05, 0.1) is 5.69 Å². The van der Waals surface area contributed by atoms with Crippen molar-refractivity contribution in [3.63, 3.8) is 0 Å². The molecule has 7 nitrogen and oxygen atoms in total. The zero-order valence-corrected chi connectivity index (χ0v) is 17.1. The Morgan fingerprint density at radius 1 is 1.15 bits per heavy atom. The van der Waals surface area contributed by atoms with Crippen LogP contribution in [0.3, 0.4) is 0 Å². The minimum Gasteiger partial charge on any atom is -0.364 e. The largest absolute Gasteiger partial charge is 0.364 e. The van der Waals surface area contributed by atoms with Gasteiger partial charge in [-0.1, -0.05) is 12.1 Å². The molecule has 2 aliphatic rings. The topological polar surface area (TPSA) is 60.1 Å². The average molecular weight is 377 g/mol. The molecule has 0 radical (unpaired) electrons. The Balaban J connectivity index is 1.28. The lowest BCUT2D eigenvalue weighted by Crippen LogP contribution is -2.52. The monoisotopic (exact) mass is 376 g/mol. The van der Waals surface area contributed by atoms with Crippen LogP contribution in [0.25, 0.3) is 0 Å². The number of aliphatic imine (C=N–C) groups is 1. The highest BCUT2D eigenvalue weighted by Crippen LogP contribution is 2.16. The van der Waals surface area contributed by atoms with E-state index in [9.17, 15) is 0 Å². The molecule has 2 saturated heterocycles. The van der Waals surface area contributed by atoms with Crippen molar-refractivity contribution in [1.29, 1.82) is 0 Å². The Hall–Kier alpha value is -1.60. The highest BCUT2D eigenvalue weighted by molar-refractivity contribution is 5.79. The first-order valence-electron chi connectivity index (χ1n) is 10.5. The van der Waals surface area contributed by atoms with Gasteiger partial charge >= 0.3 is 0 Å². The summed E-state index contributed by atoms with van der Waals surface area (Å²) >= 11 is 0. The molecule has 3 heterocycles. The van der Waals surface area contributed by atoms with Crippen molar-refractivity contribution in [1.82, 2.24) is 25.2 Å². The Morgan fingerprint density at radius 2 is 1.93 bits per heavy atom. The summed E-state index contributed by atoms with van der Waals surface area (Å²) < 4.78 is 4.92. The number of hydrogen-bond acceptors (Lipinski definition) is 5. The number of rotatable bonds is 7. The highest BCUT2D eigenvalue weighted by Gasteiger charge is 2.20. The van der Waals surface area contributed by atoms with Crippen LogP contribution in [0.4, 0.5) is 0 Å². The van der Waals surface area contributed by atoms with Gasteiger partial charge < -0.3 is 19.6 Å². The molecule has 7 heteroatoms. The third kappa shape index (κ3) is 6.50. The van der Waals surface area contributed by atoms with Crippen molar-refractivity contribution >= 4 is 5.96 Å². The van der Waals surface area contributed by atoms with Crippen molar-refractivity contribution in [2.24, 2.45) is 10.9 Å². The summed E-state index contributed by atoms with van der Waals surface area (Å²) in [7, 11) is 1.89. The third-order valence-corrected chi connectivity index (χ3v) is 5.82. The van der Waals surface area contributed by atoms with Gasteiger partial charge in [-0.25, -0.2) is 0 Å². The van der Waals surface area contributed by atoms with Gasteiger partial charge in [0.1, 0.15) is 6.26 Å². The lowest BCUT2D eigenvalue weighted by molar-refractivity contribution is 0.169. The van der Waals surface area contributed by atoms with E-state index >= 15 is 0 Å². The quantitative estimate of drug-likeness (QED) is 0.445. The molecule has 2 fully saturated rings. The van der Waals surface area contributed by atoms with E-state index in [1.807, 2.05) is 13.1 Å². The Bertz CT molecular complexity index is 545. The van der Waals surface area contributed by atoms with Gasteiger partial charge in [0.25, 0.3) is 0 Å². The standard InChI is InChI=1S/C20H36N6O/c1-18-5-10-24(11-6-18)9-4-3-8-22-20(21-2)26-14-12-25(13-15-26)17-19-7-16-27-23-19/h7,16,18H,3-6,8-15,17H2,1-2H3,(H,21,22). The first-order chi connectivity index (χ1) is 13.2. The zero-order chi connectivity index (χ0) is 18.9. The smallest absolute Gasteiger partial charge is 0.193 e. The summed E-state index contributed by atoms with van der Waals surface area (Å²) in [5.41, 5.74) is 1.01. The second-order valence-electron chi connectivity index (χ2n) is 7.96. The summed E-state index contributed by atoms with van der Waals surface area (Å²) in [5.74, 6) is 1.96. The van der Waals surface area contributed by atoms with Gasteiger partial charge in [-0.05, 0) is 51.2 Å². The van der Waals surface area contributed by atoms with E-state index in [1.54, 1.807) is 6.26 Å². The predicted octanol–water partition coefficient (Wildman–Crippen LogP) is 1.88. The number of hydrogen-bond donors (Lipinski definition) is 1. The van der Waals surface area contributed by atoms with Gasteiger partial charge in [-0.3, -0.25) is 9.89 Å². The van der Waals surface area contributed by atoms with E-state index in [0.717, 1.165) is 56.8 Å². The fourth-order valence-corrected chi connectivity index (χ4v) is 3.94. The molecular weight excluding hydrogens is 340 g/mol. The van der Waals surface area contributed by atoms with Crippen LogP contribution in [0.15, 0.2) is 21.8 Å². The molecule has 27 heavy (non-hydrogen) atoms. The normalized spacial score (nSPS) is 21.0. The molecule has 0 bridgehead atoms. The molecule has 0 amide bonds. The average Bonchev–Trinajstić information content (AvgIpc) is 3.20. The van der Waals surface area contributed by atoms with Gasteiger partial charge in [-0.2, -0.15) is 0 Å². The molecule has 0 aromatic carbocycles. The first-order valence-corrected chi connectivity index (χ1v) is 10.5. The maximum Gasteiger partial charge on any atom is 0.193 e. The zero-order valence-electron chi connectivity index (χ0n) is 17.1. The SMILES string of the molecule is CN=C(NCCCCN1CCC(C)CC1)N1CCN(Cc2ccon2)CC1. The number of nitrogens with one attached hydrogen (secondary N) is 1. The number of piperidine rings is 1. The third-order valence-electron chi connectivity index (χ3n) is 5.82. The number of unbranched alkanes of at least 4 members (excludes halogenated alkanes) is 1. The molecule has 1 aromatic rings. The Kier molecular flexibility index (Phi) is 7.95. The summed E-state index contributed by atoms with van der Waals surface area (Å²) in [6, 6.07) is 1.94. The number of aromatic nitrogens is 1. The molecule has 2 aliphatic heterocycles. The van der Waals surface area contributed by atoms with Gasteiger partial charge in [0.2, 0.25) is 0 Å². The fourth-order valence-electron chi connectivity index (χ4n) is 3.94. The Morgan fingerprint density at radius 3 is 2.59 bits per heavy atom. The van der Waals surface area contributed by atoms with Crippen molar-refractivity contribution in [3.05, 3.63) is 18.0 Å². The van der Waals surface area contributed by atoms with Crippen molar-refractivity contribution in [2.75, 3.05) is 59.4 Å². The summed E-state index contributed by atoms with van der Waals surface area (Å²) in [6.45, 7) is 12.1. The molecule has 1 N–H and O–H groups in total. The van der Waals surface area contributed by atoms with Crippen LogP contribution < -0.4 is 5.32 Å². The lowest BCUT2D eigenvalue weighted by Gasteiger charge is -2.36. The second-order valence-corrected chi connectivity index (χ2v) is 7.96. The van der Waals surface area contributed by atoms with E-state index < -0.39 is 0 Å². The van der Waals surface area contributed by atoms with E-state index in [-0.39, 0.29) is 0 Å². The van der Waals surface area contributed by atoms with Crippen molar-refractivity contribution < 1.29 is 4.52 Å².